The summed E-state index contributed by atoms with van der Waals surface area (Å²) < 4.78 is 281. The molecule has 0 aliphatic heterocycles. The second-order valence-corrected chi connectivity index (χ2v) is 31.5. The van der Waals surface area contributed by atoms with Crippen molar-refractivity contribution < 1.29 is 190 Å². The first-order valence-corrected chi connectivity index (χ1v) is 39.5. The third-order valence-corrected chi connectivity index (χ3v) is 23.5. The number of aliphatic hydroxyl groups is 1. The monoisotopic (exact) mass is 1890 g/mol. The van der Waals surface area contributed by atoms with E-state index in [0.717, 1.165) is 95.2 Å². The number of phenols is 1. The van der Waals surface area contributed by atoms with Crippen molar-refractivity contribution in [2.75, 3.05) is 13.2 Å². The summed E-state index contributed by atoms with van der Waals surface area (Å²) in [5.74, 6) is 2.16. The molecule has 0 saturated carbocycles. The molecule has 0 aromatic heterocycles. The molecule has 2 unspecified atom stereocenters. The van der Waals surface area contributed by atoms with Crippen LogP contribution >= 0.6 is 12.4 Å². The molecule has 12 aromatic rings. The average Bonchev–Trinajstić information content (AvgIpc) is 0.802. The number of alkyl halides is 18. The predicted octanol–water partition coefficient (Wildman–Crippen LogP) is 14.7. The number of hydrogen-bond acceptors (Lipinski definition) is 8. The van der Waals surface area contributed by atoms with Crippen LogP contribution in [0, 0.1) is 5.82 Å². The van der Waals surface area contributed by atoms with Crippen LogP contribution in [0.15, 0.2) is 335 Å². The quantitative estimate of drug-likeness (QED) is 0.0267. The predicted molar refractivity (Wildman–Crippen MR) is 422 cm³/mol. The Hall–Kier alpha value is -8.60. The topological polar surface area (TPSA) is 95.8 Å². The van der Waals surface area contributed by atoms with Crippen LogP contribution in [0.3, 0.4) is 0 Å². The van der Waals surface area contributed by atoms with Gasteiger partial charge >= 0.3 is 66.6 Å². The standard InChI is InChI=1S/C31H27F6O3S.C27H18F6O2S.C20H12F7S.C11H16O3.4ClH.Na.H/c1-3-38-21(2)40-26-10-4-22(5-11-26)20-39-25-12-18-29(19-13-25)41(27-14-6-23(7-15-27)30(32,33)34)28-16-8-24(9-17-28)31(35,36)37;28-26(29,30)19-3-11-23(12-4-19)36(24-13-5-20(6-14-24)27(31,32)33)25-15-9-22(10-16-25)35-17-18-1-7-21(34)8-2-18;21-15-5-11-18(12-6-15)28(16-7-1-13(2-8-16)19(22,23)24)17-9-3-14(4-10-17)20(25,26)27;1-3-13-9(2)14-11-6-4-10(8-12)5-7-11;;;;;;/h4-19,21H,3,20H2,1-2H3;1-16H,17H2;1-12H;4-7,9,12H,3,8H2,1-2H3;4*1H;;/q+1;;+1;;;;;;+1;-1/p-2. The van der Waals surface area contributed by atoms with Gasteiger partial charge in [-0.1, -0.05) is 36.4 Å². The molecule has 8 nitrogen and oxygen atoms in total. The smallest absolute Gasteiger partial charge is 1.00 e. The SMILES string of the molecule is CCOC(C)Oc1ccc(CO)cc1.CCOC(C)Oc1ccc(COc2ccc([S+](c3ccc(C(F)(F)F)cc3)c3ccc(C(F)(F)F)cc3)cc2)cc1.Cl.Fc1ccc([S+](c2ccc(C(F)(F)F)cc2)c2ccc(C(F)(F)F)cc2)cc1.Oc1ccc(COc2ccc([S+](c3ccc(C(F)(F)F)cc3)c3ccc(C(F)(F)F)cc3)cc2)cc1.[Cl-].[Cl-].[Cl-].[H-].[Na+]. The van der Waals surface area contributed by atoms with Gasteiger partial charge in [0.2, 0.25) is 0 Å². The molecular formula is C89H76Cl4F19NaO8S3. The number of rotatable bonds is 24. The number of halogens is 23. The zero-order chi connectivity index (χ0) is 86.5. The first-order valence-electron chi connectivity index (χ1n) is 35.9. The third-order valence-electron chi connectivity index (χ3n) is 16.9. The van der Waals surface area contributed by atoms with Crippen molar-refractivity contribution in [3.05, 3.63) is 347 Å². The van der Waals surface area contributed by atoms with Gasteiger partial charge in [0.1, 0.15) is 47.8 Å². The van der Waals surface area contributed by atoms with Gasteiger partial charge in [-0.3, -0.25) is 0 Å². The van der Waals surface area contributed by atoms with Crippen LogP contribution in [0.25, 0.3) is 0 Å². The van der Waals surface area contributed by atoms with E-state index in [1.807, 2.05) is 76.2 Å². The van der Waals surface area contributed by atoms with Crippen molar-refractivity contribution >= 4 is 45.1 Å². The number of hydrogen-bond donors (Lipinski definition) is 2. The fourth-order valence-corrected chi connectivity index (χ4v) is 17.1. The van der Waals surface area contributed by atoms with Crippen LogP contribution in [0.2, 0.25) is 0 Å². The normalized spacial score (nSPS) is 12.0. The second-order valence-electron chi connectivity index (χ2n) is 25.4. The zero-order valence-corrected chi connectivity index (χ0v) is 73.2. The molecule has 12 aromatic carbocycles. The Bertz CT molecular complexity index is 4930. The summed E-state index contributed by atoms with van der Waals surface area (Å²) in [5.41, 5.74) is -2.25. The Labute approximate surface area is 759 Å². The van der Waals surface area contributed by atoms with Crippen LogP contribution in [0.1, 0.15) is 79.2 Å². The van der Waals surface area contributed by atoms with Gasteiger partial charge in [0.15, 0.2) is 56.6 Å². The van der Waals surface area contributed by atoms with E-state index in [1.54, 1.807) is 72.8 Å². The van der Waals surface area contributed by atoms with E-state index in [0.29, 0.717) is 74.5 Å². The van der Waals surface area contributed by atoms with Crippen molar-refractivity contribution in [2.24, 2.45) is 0 Å². The molecule has 0 amide bonds. The molecule has 660 valence electrons. The molecule has 2 N–H and O–H groups in total. The third kappa shape index (κ3) is 32.7. The summed E-state index contributed by atoms with van der Waals surface area (Å²) >= 11 is 0. The molecule has 124 heavy (non-hydrogen) atoms. The van der Waals surface area contributed by atoms with Gasteiger partial charge in [-0.15, -0.1) is 12.4 Å². The minimum Gasteiger partial charge on any atom is -1.00 e. The van der Waals surface area contributed by atoms with Gasteiger partial charge in [0.05, 0.1) is 72.7 Å². The van der Waals surface area contributed by atoms with Gasteiger partial charge in [-0.2, -0.15) is 79.0 Å². The maximum absolute atomic E-state index is 13.3. The number of aliphatic hydroxyl groups excluding tert-OH is 1. The Balaban J connectivity index is 0.000000444. The van der Waals surface area contributed by atoms with Gasteiger partial charge < -0.3 is 77.3 Å². The van der Waals surface area contributed by atoms with Gasteiger partial charge in [-0.05, 0) is 299 Å². The second kappa shape index (κ2) is 48.9. The number of benzene rings is 12. The summed E-state index contributed by atoms with van der Waals surface area (Å²) in [5, 5.41) is 18.2. The molecule has 0 heterocycles. The molecule has 0 fully saturated rings. The van der Waals surface area contributed by atoms with Crippen LogP contribution in [0.4, 0.5) is 83.4 Å². The fourth-order valence-electron chi connectivity index (χ4n) is 11.0. The molecule has 35 heteroatoms. The van der Waals surface area contributed by atoms with Crippen molar-refractivity contribution in [1.82, 2.24) is 0 Å². The molecule has 2 atom stereocenters. The minimum absolute atomic E-state index is 0. The maximum atomic E-state index is 13.3. The van der Waals surface area contributed by atoms with Crippen LogP contribution in [-0.2, 0) is 99.0 Å². The van der Waals surface area contributed by atoms with Crippen molar-refractivity contribution in [1.29, 1.82) is 0 Å². The minimum atomic E-state index is -4.50. The Kier molecular flexibility index (Phi) is 42.5. The molecule has 0 radical (unpaired) electrons. The van der Waals surface area contributed by atoms with E-state index in [-0.39, 0.29) is 119 Å². The summed E-state index contributed by atoms with van der Waals surface area (Å²) in [6.07, 6.45) is -27.6. The molecule has 0 aliphatic rings. The molecule has 0 aliphatic carbocycles. The van der Waals surface area contributed by atoms with Crippen LogP contribution in [-0.4, -0.2) is 36.0 Å². The van der Waals surface area contributed by atoms with Gasteiger partial charge in [-0.25, -0.2) is 4.39 Å². The van der Waals surface area contributed by atoms with E-state index in [1.165, 1.54) is 97.1 Å². The van der Waals surface area contributed by atoms with E-state index in [4.69, 9.17) is 33.5 Å². The van der Waals surface area contributed by atoms with E-state index < -0.39 is 109 Å². The Morgan fingerprint density at radius 3 is 0.677 bits per heavy atom. The Morgan fingerprint density at radius 1 is 0.290 bits per heavy atom. The van der Waals surface area contributed by atoms with Crippen molar-refractivity contribution in [2.45, 2.75) is 141 Å². The largest absolute Gasteiger partial charge is 1.00 e. The summed E-state index contributed by atoms with van der Waals surface area (Å²) in [7, 11) is -2.90. The molecule has 0 bridgehead atoms. The van der Waals surface area contributed by atoms with Crippen LogP contribution in [0.5, 0.6) is 28.7 Å². The number of aromatic hydroxyl groups is 1. The first-order chi connectivity index (χ1) is 56.2. The van der Waals surface area contributed by atoms with Crippen LogP contribution < -0.4 is 85.7 Å². The number of ether oxygens (including phenoxy) is 6. The first kappa shape index (κ1) is 108. The van der Waals surface area contributed by atoms with E-state index >= 15 is 0 Å². The number of phenolic OH excluding ortho intramolecular Hbond substituents is 1. The summed E-state index contributed by atoms with van der Waals surface area (Å²) in [6.45, 7) is 9.24. The van der Waals surface area contributed by atoms with E-state index in [2.05, 4.69) is 0 Å². The molecular weight excluding hydrogens is 1820 g/mol. The average molecular weight is 1900 g/mol. The molecule has 12 rings (SSSR count). The Morgan fingerprint density at radius 2 is 0.476 bits per heavy atom. The van der Waals surface area contributed by atoms with Crippen molar-refractivity contribution in [3.8, 4) is 28.7 Å². The van der Waals surface area contributed by atoms with Gasteiger partial charge in [0.25, 0.3) is 0 Å². The summed E-state index contributed by atoms with van der Waals surface area (Å²) in [6, 6.07) is 67.8. The van der Waals surface area contributed by atoms with Crippen molar-refractivity contribution in [3.63, 3.8) is 0 Å². The fraction of sp³-hybridized carbons (Fsp3) is 0.191. The maximum Gasteiger partial charge on any atom is 1.00 e. The molecule has 0 spiro atoms. The molecule has 0 saturated heterocycles. The van der Waals surface area contributed by atoms with Gasteiger partial charge in [0, 0.05) is 13.2 Å². The summed E-state index contributed by atoms with van der Waals surface area (Å²) in [4.78, 5) is 5.05. The van der Waals surface area contributed by atoms with E-state index in [9.17, 15) is 88.5 Å². The zero-order valence-electron chi connectivity index (χ0n) is 66.7.